The fraction of sp³-hybridized carbons (Fsp3) is 0.125. The number of allylic oxidation sites excluding steroid dienone is 3. The van der Waals surface area contributed by atoms with Crippen molar-refractivity contribution in [3.05, 3.63) is 35.8 Å². The smallest absolute Gasteiger partial charge is 0.276 e. The van der Waals surface area contributed by atoms with Crippen molar-refractivity contribution >= 4 is 5.91 Å². The quantitative estimate of drug-likeness (QED) is 0.586. The normalized spacial score (nSPS) is 26.3. The molecule has 1 heterocycles. The molecule has 2 aliphatic rings. The van der Waals surface area contributed by atoms with Gasteiger partial charge in [-0.15, -0.1) is 10.2 Å². The highest BCUT2D eigenvalue weighted by Crippen LogP contribution is 2.26. The van der Waals surface area contributed by atoms with Crippen LogP contribution in [-0.4, -0.2) is 11.0 Å². The molecule has 2 rings (SSSR count). The predicted octanol–water partition coefficient (Wildman–Crippen LogP) is 1.49. The summed E-state index contributed by atoms with van der Waals surface area (Å²) in [4.78, 5) is 11.1. The van der Waals surface area contributed by atoms with Crippen molar-refractivity contribution in [2.24, 2.45) is 16.1 Å². The van der Waals surface area contributed by atoms with Gasteiger partial charge in [0, 0.05) is 5.57 Å². The Morgan fingerprint density at radius 1 is 1.33 bits per heavy atom. The van der Waals surface area contributed by atoms with E-state index in [4.69, 9.17) is 0 Å². The van der Waals surface area contributed by atoms with Crippen molar-refractivity contribution in [1.82, 2.24) is 0 Å². The van der Waals surface area contributed by atoms with E-state index in [1.54, 1.807) is 24.3 Å². The van der Waals surface area contributed by atoms with Crippen molar-refractivity contribution in [3.63, 3.8) is 0 Å². The first-order valence-corrected chi connectivity index (χ1v) is 3.52. The number of nitrogens with zero attached hydrogens (tertiary/aromatic N) is 2. The average Bonchev–Trinajstić information content (AvgIpc) is 2.12. The molecule has 0 fully saturated rings. The Labute approximate surface area is 68.6 Å². The molecule has 1 aliphatic carbocycles. The Morgan fingerprint density at radius 2 is 2.17 bits per heavy atom. The maximum atomic E-state index is 11.1. The number of aliphatic hydroxyl groups is 1. The van der Waals surface area contributed by atoms with Crippen LogP contribution in [0.25, 0.3) is 0 Å². The molecule has 4 heteroatoms. The molecule has 4 nitrogen and oxygen atoms in total. The molecule has 0 aromatic carbocycles. The Hall–Kier alpha value is -1.71. The second kappa shape index (κ2) is 2.41. The van der Waals surface area contributed by atoms with Crippen LogP contribution >= 0.6 is 0 Å². The summed E-state index contributed by atoms with van der Waals surface area (Å²) in [7, 11) is 0. The molecular weight excluding hydrogens is 156 g/mol. The van der Waals surface area contributed by atoms with E-state index in [2.05, 4.69) is 10.2 Å². The van der Waals surface area contributed by atoms with Crippen LogP contribution in [0.5, 0.6) is 0 Å². The highest BCUT2D eigenvalue weighted by atomic mass is 16.3. The van der Waals surface area contributed by atoms with Gasteiger partial charge in [-0.2, -0.15) is 0 Å². The Bertz CT molecular complexity index is 350. The van der Waals surface area contributed by atoms with Crippen LogP contribution in [0.2, 0.25) is 0 Å². The third-order valence-electron chi connectivity index (χ3n) is 1.79. The molecule has 1 unspecified atom stereocenters. The molecule has 0 spiro atoms. The number of carbonyl (C=O) groups excluding carboxylic acids is 1. The molecular formula is C8H6N2O2. The second-order valence-electron chi connectivity index (χ2n) is 2.54. The summed E-state index contributed by atoms with van der Waals surface area (Å²) in [5, 5.41) is 15.8. The number of amides is 1. The van der Waals surface area contributed by atoms with Gasteiger partial charge in [-0.3, -0.25) is 4.79 Å². The van der Waals surface area contributed by atoms with E-state index in [0.29, 0.717) is 5.57 Å². The van der Waals surface area contributed by atoms with E-state index in [-0.39, 0.29) is 11.8 Å². The number of hydrogen-bond acceptors (Lipinski definition) is 3. The molecule has 0 aromatic heterocycles. The summed E-state index contributed by atoms with van der Waals surface area (Å²) in [5.74, 6) is -0.934. The van der Waals surface area contributed by atoms with Crippen LogP contribution in [0, 0.1) is 5.92 Å². The Morgan fingerprint density at radius 3 is 2.92 bits per heavy atom. The molecule has 0 radical (unpaired) electrons. The van der Waals surface area contributed by atoms with Crippen molar-refractivity contribution in [3.8, 4) is 0 Å². The summed E-state index contributed by atoms with van der Waals surface area (Å²) in [6.07, 6.45) is 6.85. The maximum Gasteiger partial charge on any atom is 0.276 e. The van der Waals surface area contributed by atoms with Crippen LogP contribution in [0.3, 0.4) is 0 Å². The van der Waals surface area contributed by atoms with Crippen LogP contribution in [0.4, 0.5) is 0 Å². The van der Waals surface area contributed by atoms with E-state index in [1.165, 1.54) is 0 Å². The molecule has 0 bridgehead atoms. The molecule has 1 N–H and O–H groups in total. The van der Waals surface area contributed by atoms with Gasteiger partial charge in [0.25, 0.3) is 5.91 Å². The SMILES string of the molecule is O=C1N=NC(O)=C2C=CC=CC12. The van der Waals surface area contributed by atoms with Gasteiger partial charge in [-0.05, 0) is 0 Å². The molecule has 60 valence electrons. The fourth-order valence-electron chi connectivity index (χ4n) is 1.19. The standard InChI is InChI=1S/C8H6N2O2/c11-7-5-3-1-2-4-6(5)8(12)10-9-7/h1-5,12H. The lowest BCUT2D eigenvalue weighted by atomic mass is 9.93. The average molecular weight is 162 g/mol. The monoisotopic (exact) mass is 162 g/mol. The summed E-state index contributed by atoms with van der Waals surface area (Å²) in [6, 6.07) is 0. The molecule has 1 aliphatic heterocycles. The lowest BCUT2D eigenvalue weighted by Gasteiger charge is -2.15. The van der Waals surface area contributed by atoms with E-state index in [1.807, 2.05) is 0 Å². The second-order valence-corrected chi connectivity index (χ2v) is 2.54. The molecule has 0 saturated heterocycles. The highest BCUT2D eigenvalue weighted by molar-refractivity contribution is 5.86. The number of aliphatic hydroxyl groups excluding tert-OH is 1. The Kier molecular flexibility index (Phi) is 1.40. The zero-order valence-electron chi connectivity index (χ0n) is 6.14. The number of carbonyl (C=O) groups is 1. The van der Waals surface area contributed by atoms with E-state index in [9.17, 15) is 9.90 Å². The molecule has 12 heavy (non-hydrogen) atoms. The van der Waals surface area contributed by atoms with Crippen LogP contribution < -0.4 is 0 Å². The fourth-order valence-corrected chi connectivity index (χ4v) is 1.19. The third-order valence-corrected chi connectivity index (χ3v) is 1.79. The van der Waals surface area contributed by atoms with Gasteiger partial charge < -0.3 is 5.11 Å². The summed E-state index contributed by atoms with van der Waals surface area (Å²) in [5.41, 5.74) is 0.525. The summed E-state index contributed by atoms with van der Waals surface area (Å²) >= 11 is 0. The number of azo groups is 1. The molecule has 1 atom stereocenters. The van der Waals surface area contributed by atoms with E-state index < -0.39 is 5.92 Å². The first-order valence-electron chi connectivity index (χ1n) is 3.52. The number of hydrogen-bond donors (Lipinski definition) is 1. The predicted molar refractivity (Wildman–Crippen MR) is 41.3 cm³/mol. The first-order chi connectivity index (χ1) is 5.79. The number of fused-ring (bicyclic) bond motifs is 1. The van der Waals surface area contributed by atoms with Gasteiger partial charge >= 0.3 is 0 Å². The van der Waals surface area contributed by atoms with E-state index >= 15 is 0 Å². The topological polar surface area (TPSA) is 62.0 Å². The largest absolute Gasteiger partial charge is 0.492 e. The van der Waals surface area contributed by atoms with Crippen molar-refractivity contribution in [2.75, 3.05) is 0 Å². The minimum Gasteiger partial charge on any atom is -0.492 e. The number of rotatable bonds is 0. The van der Waals surface area contributed by atoms with Gasteiger partial charge in [0.15, 0.2) is 0 Å². The molecule has 0 aromatic rings. The lowest BCUT2D eigenvalue weighted by Crippen LogP contribution is -2.17. The van der Waals surface area contributed by atoms with Crippen molar-refractivity contribution < 1.29 is 9.90 Å². The molecule has 1 amide bonds. The van der Waals surface area contributed by atoms with Crippen molar-refractivity contribution in [1.29, 1.82) is 0 Å². The van der Waals surface area contributed by atoms with E-state index in [0.717, 1.165) is 0 Å². The summed E-state index contributed by atoms with van der Waals surface area (Å²) < 4.78 is 0. The lowest BCUT2D eigenvalue weighted by molar-refractivity contribution is -0.120. The van der Waals surface area contributed by atoms with Gasteiger partial charge in [0.1, 0.15) is 0 Å². The summed E-state index contributed by atoms with van der Waals surface area (Å²) in [6.45, 7) is 0. The Balaban J connectivity index is 2.51. The first kappa shape index (κ1) is 6.97. The van der Waals surface area contributed by atoms with Crippen LogP contribution in [-0.2, 0) is 4.79 Å². The van der Waals surface area contributed by atoms with Crippen LogP contribution in [0.15, 0.2) is 46.0 Å². The van der Waals surface area contributed by atoms with Gasteiger partial charge in [-0.25, -0.2) is 0 Å². The van der Waals surface area contributed by atoms with Crippen molar-refractivity contribution in [2.45, 2.75) is 0 Å². The minimum atomic E-state index is -0.438. The van der Waals surface area contributed by atoms with Gasteiger partial charge in [-0.1, -0.05) is 24.3 Å². The zero-order valence-corrected chi connectivity index (χ0v) is 6.14. The minimum absolute atomic E-state index is 0.166. The maximum absolute atomic E-state index is 11.1. The van der Waals surface area contributed by atoms with Gasteiger partial charge in [0.2, 0.25) is 5.88 Å². The van der Waals surface area contributed by atoms with Crippen LogP contribution in [0.1, 0.15) is 0 Å². The highest BCUT2D eigenvalue weighted by Gasteiger charge is 2.26. The molecule has 0 saturated carbocycles. The third kappa shape index (κ3) is 0.887. The van der Waals surface area contributed by atoms with Gasteiger partial charge in [0.05, 0.1) is 5.92 Å². The zero-order chi connectivity index (χ0) is 8.55.